The summed E-state index contributed by atoms with van der Waals surface area (Å²) in [4.78, 5) is 10.3. The fourth-order valence-corrected chi connectivity index (χ4v) is 1.76. The molecule has 0 aromatic carbocycles. The number of hydrogen-bond acceptors (Lipinski definition) is 2. The van der Waals surface area contributed by atoms with Gasteiger partial charge in [-0.25, -0.2) is 4.79 Å². The molecule has 1 amide bonds. The third-order valence-electron chi connectivity index (χ3n) is 2.37. The number of aliphatic hydroxyl groups excluding tert-OH is 1. The quantitative estimate of drug-likeness (QED) is 0.578. The first-order chi connectivity index (χ1) is 5.72. The lowest BCUT2D eigenvalue weighted by Gasteiger charge is -2.27. The highest BCUT2D eigenvalue weighted by Crippen LogP contribution is 2.23. The van der Waals surface area contributed by atoms with Crippen molar-refractivity contribution in [2.75, 3.05) is 6.61 Å². The summed E-state index contributed by atoms with van der Waals surface area (Å²) in [6.07, 6.45) is 2.76. The van der Waals surface area contributed by atoms with E-state index in [0.29, 0.717) is 0 Å². The summed E-state index contributed by atoms with van der Waals surface area (Å²) in [5, 5.41) is 19.8. The van der Waals surface area contributed by atoms with Gasteiger partial charge in [0.1, 0.15) is 0 Å². The van der Waals surface area contributed by atoms with Crippen LogP contribution in [0.15, 0.2) is 0 Å². The van der Waals surface area contributed by atoms with Gasteiger partial charge < -0.3 is 15.5 Å². The summed E-state index contributed by atoms with van der Waals surface area (Å²) < 4.78 is 0. The molecule has 0 aromatic heterocycles. The van der Waals surface area contributed by atoms with Crippen molar-refractivity contribution in [2.24, 2.45) is 5.92 Å². The standard InChI is InChI=1S/C8H15NO3/c10-5-6-2-1-3-7(4-6)9-8(11)12/h6-7,9-10H,1-5H2,(H,11,12)/t6-,7+/m0/s1. The molecule has 2 atom stereocenters. The Bertz CT molecular complexity index is 160. The molecule has 0 bridgehead atoms. The van der Waals surface area contributed by atoms with Crippen molar-refractivity contribution in [1.82, 2.24) is 5.32 Å². The third-order valence-corrected chi connectivity index (χ3v) is 2.37. The van der Waals surface area contributed by atoms with Crippen molar-refractivity contribution in [3.05, 3.63) is 0 Å². The highest BCUT2D eigenvalue weighted by atomic mass is 16.4. The fraction of sp³-hybridized carbons (Fsp3) is 0.875. The first-order valence-corrected chi connectivity index (χ1v) is 4.32. The van der Waals surface area contributed by atoms with Crippen LogP contribution in [0.5, 0.6) is 0 Å². The van der Waals surface area contributed by atoms with Crippen LogP contribution in [0.4, 0.5) is 4.79 Å². The molecule has 3 N–H and O–H groups in total. The minimum Gasteiger partial charge on any atom is -0.465 e. The van der Waals surface area contributed by atoms with Crippen LogP contribution in [-0.4, -0.2) is 29.0 Å². The van der Waals surface area contributed by atoms with E-state index >= 15 is 0 Å². The smallest absolute Gasteiger partial charge is 0.404 e. The molecular weight excluding hydrogens is 158 g/mol. The summed E-state index contributed by atoms with van der Waals surface area (Å²) >= 11 is 0. The number of carbonyl (C=O) groups is 1. The van der Waals surface area contributed by atoms with Crippen LogP contribution in [-0.2, 0) is 0 Å². The number of carboxylic acid groups (broad SMARTS) is 1. The number of aliphatic hydroxyl groups is 1. The second-order valence-electron chi connectivity index (χ2n) is 3.36. The molecule has 4 heteroatoms. The van der Waals surface area contributed by atoms with Crippen molar-refractivity contribution in [2.45, 2.75) is 31.7 Å². The van der Waals surface area contributed by atoms with E-state index < -0.39 is 6.09 Å². The lowest BCUT2D eigenvalue weighted by molar-refractivity contribution is 0.157. The molecule has 12 heavy (non-hydrogen) atoms. The largest absolute Gasteiger partial charge is 0.465 e. The lowest BCUT2D eigenvalue weighted by Crippen LogP contribution is -2.38. The number of nitrogens with one attached hydrogen (secondary N) is 1. The Kier molecular flexibility index (Phi) is 3.34. The SMILES string of the molecule is O=C(O)N[C@@H]1CCC[C@H](CO)C1. The molecule has 1 saturated carbocycles. The van der Waals surface area contributed by atoms with E-state index in [1.54, 1.807) is 0 Å². The summed E-state index contributed by atoms with van der Waals surface area (Å²) in [6.45, 7) is 0.178. The van der Waals surface area contributed by atoms with Gasteiger partial charge in [-0.2, -0.15) is 0 Å². The maximum Gasteiger partial charge on any atom is 0.404 e. The molecular formula is C8H15NO3. The zero-order valence-electron chi connectivity index (χ0n) is 6.99. The third kappa shape index (κ3) is 2.70. The van der Waals surface area contributed by atoms with Gasteiger partial charge in [-0.05, 0) is 25.2 Å². The highest BCUT2D eigenvalue weighted by molar-refractivity contribution is 5.64. The Morgan fingerprint density at radius 1 is 1.50 bits per heavy atom. The second kappa shape index (κ2) is 4.30. The van der Waals surface area contributed by atoms with Crippen LogP contribution >= 0.6 is 0 Å². The normalized spacial score (nSPS) is 29.8. The Balaban J connectivity index is 2.30. The highest BCUT2D eigenvalue weighted by Gasteiger charge is 2.22. The van der Waals surface area contributed by atoms with Crippen LogP contribution in [0.2, 0.25) is 0 Å². The molecule has 0 aromatic rings. The Labute approximate surface area is 71.6 Å². The molecule has 1 rings (SSSR count). The molecule has 4 nitrogen and oxygen atoms in total. The molecule has 0 saturated heterocycles. The van der Waals surface area contributed by atoms with Crippen molar-refractivity contribution in [3.8, 4) is 0 Å². The van der Waals surface area contributed by atoms with Crippen LogP contribution in [0, 0.1) is 5.92 Å². The molecule has 0 heterocycles. The number of rotatable bonds is 2. The molecule has 0 radical (unpaired) electrons. The average molecular weight is 173 g/mol. The maximum atomic E-state index is 10.3. The van der Waals surface area contributed by atoms with Gasteiger partial charge in [0.25, 0.3) is 0 Å². The van der Waals surface area contributed by atoms with E-state index in [-0.39, 0.29) is 18.6 Å². The minimum absolute atomic E-state index is 0.0494. The predicted molar refractivity (Wildman–Crippen MR) is 44.0 cm³/mol. The maximum absolute atomic E-state index is 10.3. The summed E-state index contributed by atoms with van der Waals surface area (Å²) in [5.74, 6) is 0.288. The first kappa shape index (κ1) is 9.32. The van der Waals surface area contributed by atoms with Crippen LogP contribution in [0.3, 0.4) is 0 Å². The summed E-state index contributed by atoms with van der Waals surface area (Å²) in [6, 6.07) is 0.0494. The van der Waals surface area contributed by atoms with Crippen molar-refractivity contribution in [1.29, 1.82) is 0 Å². The van der Waals surface area contributed by atoms with E-state index in [2.05, 4.69) is 5.32 Å². The Hall–Kier alpha value is -0.770. The van der Waals surface area contributed by atoms with Crippen LogP contribution in [0.1, 0.15) is 25.7 Å². The van der Waals surface area contributed by atoms with E-state index in [9.17, 15) is 4.79 Å². The van der Waals surface area contributed by atoms with Crippen molar-refractivity contribution >= 4 is 6.09 Å². The van der Waals surface area contributed by atoms with Gasteiger partial charge in [-0.3, -0.25) is 0 Å². The van der Waals surface area contributed by atoms with E-state index in [1.807, 2.05) is 0 Å². The fourth-order valence-electron chi connectivity index (χ4n) is 1.76. The van der Waals surface area contributed by atoms with Crippen molar-refractivity contribution < 1.29 is 15.0 Å². The minimum atomic E-state index is -0.960. The first-order valence-electron chi connectivity index (χ1n) is 4.32. The van der Waals surface area contributed by atoms with E-state index in [4.69, 9.17) is 10.2 Å². The zero-order chi connectivity index (χ0) is 8.97. The van der Waals surface area contributed by atoms with Gasteiger partial charge in [0.2, 0.25) is 0 Å². The molecule has 1 aliphatic carbocycles. The predicted octanol–water partition coefficient (Wildman–Crippen LogP) is 0.805. The Morgan fingerprint density at radius 2 is 2.25 bits per heavy atom. The van der Waals surface area contributed by atoms with E-state index in [1.165, 1.54) is 0 Å². The van der Waals surface area contributed by atoms with Gasteiger partial charge in [-0.1, -0.05) is 6.42 Å². The average Bonchev–Trinajstić information content (AvgIpc) is 2.03. The summed E-state index contributed by atoms with van der Waals surface area (Å²) in [7, 11) is 0. The monoisotopic (exact) mass is 173 g/mol. The molecule has 1 aliphatic rings. The van der Waals surface area contributed by atoms with Gasteiger partial charge in [0.15, 0.2) is 0 Å². The van der Waals surface area contributed by atoms with Gasteiger partial charge in [-0.15, -0.1) is 0 Å². The van der Waals surface area contributed by atoms with Crippen LogP contribution < -0.4 is 5.32 Å². The van der Waals surface area contributed by atoms with Crippen LogP contribution in [0.25, 0.3) is 0 Å². The second-order valence-corrected chi connectivity index (χ2v) is 3.36. The number of hydrogen-bond donors (Lipinski definition) is 3. The summed E-state index contributed by atoms with van der Waals surface area (Å²) in [5.41, 5.74) is 0. The molecule has 70 valence electrons. The molecule has 0 unspecified atom stereocenters. The van der Waals surface area contributed by atoms with Gasteiger partial charge in [0, 0.05) is 12.6 Å². The lowest BCUT2D eigenvalue weighted by atomic mass is 9.86. The van der Waals surface area contributed by atoms with E-state index in [0.717, 1.165) is 25.7 Å². The zero-order valence-corrected chi connectivity index (χ0v) is 6.99. The van der Waals surface area contributed by atoms with Crippen molar-refractivity contribution in [3.63, 3.8) is 0 Å². The topological polar surface area (TPSA) is 69.6 Å². The molecule has 0 spiro atoms. The molecule has 0 aliphatic heterocycles. The number of amides is 1. The van der Waals surface area contributed by atoms with Gasteiger partial charge >= 0.3 is 6.09 Å². The molecule has 1 fully saturated rings. The van der Waals surface area contributed by atoms with Gasteiger partial charge in [0.05, 0.1) is 0 Å². The Morgan fingerprint density at radius 3 is 2.83 bits per heavy atom.